The quantitative estimate of drug-likeness (QED) is 0.638. The predicted molar refractivity (Wildman–Crippen MR) is 117 cm³/mol. The zero-order chi connectivity index (χ0) is 21.4. The molecule has 0 bridgehead atoms. The molecule has 1 aliphatic rings. The number of aliphatic hydroxyl groups is 1. The van der Waals surface area contributed by atoms with Gasteiger partial charge in [-0.3, -0.25) is 9.59 Å². The summed E-state index contributed by atoms with van der Waals surface area (Å²) in [7, 11) is 1.58. The van der Waals surface area contributed by atoms with Crippen LogP contribution in [0.25, 0.3) is 0 Å². The molecule has 1 fully saturated rings. The summed E-state index contributed by atoms with van der Waals surface area (Å²) < 4.78 is 5.11. The van der Waals surface area contributed by atoms with Crippen LogP contribution in [0, 0.1) is 5.41 Å². The van der Waals surface area contributed by atoms with Gasteiger partial charge in [-0.1, -0.05) is 30.3 Å². The van der Waals surface area contributed by atoms with E-state index in [4.69, 9.17) is 4.74 Å². The molecule has 0 unspecified atom stereocenters. The molecule has 1 N–H and O–H groups in total. The molecule has 0 aromatic heterocycles. The number of aryl methyl sites for hydroxylation is 1. The van der Waals surface area contributed by atoms with Crippen molar-refractivity contribution < 1.29 is 19.4 Å². The average Bonchev–Trinajstić information content (AvgIpc) is 2.82. The number of hydrogen-bond acceptors (Lipinski definition) is 4. The molecular formula is C25H31NO4. The van der Waals surface area contributed by atoms with E-state index in [1.807, 2.05) is 23.1 Å². The minimum atomic E-state index is -0.260. The number of ether oxygens (including phenoxy) is 1. The molecule has 5 nitrogen and oxygen atoms in total. The number of carbonyl (C=O) groups is 2. The molecule has 3 rings (SSSR count). The highest BCUT2D eigenvalue weighted by Gasteiger charge is 2.36. The molecule has 5 heteroatoms. The van der Waals surface area contributed by atoms with Crippen LogP contribution in [0.4, 0.5) is 0 Å². The van der Waals surface area contributed by atoms with Gasteiger partial charge >= 0.3 is 0 Å². The second kappa shape index (κ2) is 10.4. The van der Waals surface area contributed by atoms with Crippen molar-refractivity contribution in [1.82, 2.24) is 4.90 Å². The first-order valence-electron chi connectivity index (χ1n) is 10.6. The normalized spacial score (nSPS) is 18.8. The summed E-state index contributed by atoms with van der Waals surface area (Å²) >= 11 is 0. The highest BCUT2D eigenvalue weighted by molar-refractivity contribution is 5.98. The topological polar surface area (TPSA) is 66.8 Å². The summed E-state index contributed by atoms with van der Waals surface area (Å²) in [6.45, 7) is 1.34. The van der Waals surface area contributed by atoms with Crippen molar-refractivity contribution in [3.05, 3.63) is 65.7 Å². The summed E-state index contributed by atoms with van der Waals surface area (Å²) in [5.41, 5.74) is 1.58. The third-order valence-electron chi connectivity index (χ3n) is 6.11. The van der Waals surface area contributed by atoms with Gasteiger partial charge in [-0.25, -0.2) is 0 Å². The molecule has 1 amide bonds. The summed E-state index contributed by atoms with van der Waals surface area (Å²) in [5.74, 6) is 0.654. The Morgan fingerprint density at radius 2 is 1.80 bits per heavy atom. The van der Waals surface area contributed by atoms with E-state index >= 15 is 0 Å². The van der Waals surface area contributed by atoms with Crippen LogP contribution in [0.3, 0.4) is 0 Å². The molecule has 1 saturated heterocycles. The van der Waals surface area contributed by atoms with Crippen molar-refractivity contribution in [2.45, 2.75) is 38.5 Å². The van der Waals surface area contributed by atoms with Crippen LogP contribution in [-0.2, 0) is 11.2 Å². The number of Topliss-reactive ketones (excluding diaryl/α,β-unsaturated/α-hetero) is 1. The number of nitrogens with zero attached hydrogens (tertiary/aromatic N) is 1. The summed E-state index contributed by atoms with van der Waals surface area (Å²) in [5, 5.41) is 10.1. The first-order valence-corrected chi connectivity index (χ1v) is 10.6. The number of likely N-dealkylation sites (tertiary alicyclic amines) is 1. The molecule has 0 saturated carbocycles. The molecule has 2 aromatic carbocycles. The van der Waals surface area contributed by atoms with E-state index < -0.39 is 0 Å². The van der Waals surface area contributed by atoms with Gasteiger partial charge in [-0.2, -0.15) is 0 Å². The molecule has 0 aliphatic carbocycles. The van der Waals surface area contributed by atoms with Crippen molar-refractivity contribution in [3.8, 4) is 5.75 Å². The van der Waals surface area contributed by atoms with Crippen LogP contribution in [0.5, 0.6) is 5.75 Å². The molecule has 30 heavy (non-hydrogen) atoms. The van der Waals surface area contributed by atoms with Gasteiger partial charge in [0.25, 0.3) is 0 Å². The van der Waals surface area contributed by atoms with Crippen molar-refractivity contribution in [1.29, 1.82) is 0 Å². The fourth-order valence-corrected chi connectivity index (χ4v) is 4.19. The molecule has 0 spiro atoms. The zero-order valence-electron chi connectivity index (χ0n) is 17.7. The van der Waals surface area contributed by atoms with E-state index in [0.29, 0.717) is 24.4 Å². The molecule has 1 atom stereocenters. The van der Waals surface area contributed by atoms with E-state index in [1.165, 1.54) is 5.56 Å². The monoisotopic (exact) mass is 409 g/mol. The van der Waals surface area contributed by atoms with Crippen LogP contribution in [-0.4, -0.2) is 48.5 Å². The van der Waals surface area contributed by atoms with Crippen LogP contribution >= 0.6 is 0 Å². The fraction of sp³-hybridized carbons (Fsp3) is 0.440. The Balaban J connectivity index is 1.54. The van der Waals surface area contributed by atoms with E-state index in [0.717, 1.165) is 25.7 Å². The smallest absolute Gasteiger partial charge is 0.223 e. The van der Waals surface area contributed by atoms with Crippen molar-refractivity contribution in [3.63, 3.8) is 0 Å². The van der Waals surface area contributed by atoms with E-state index in [9.17, 15) is 14.7 Å². The molecular weight excluding hydrogens is 378 g/mol. The first-order chi connectivity index (χ1) is 14.5. The van der Waals surface area contributed by atoms with Gasteiger partial charge in [0.05, 0.1) is 13.7 Å². The van der Waals surface area contributed by atoms with Gasteiger partial charge < -0.3 is 14.7 Å². The molecule has 1 aliphatic heterocycles. The number of hydrogen-bond donors (Lipinski definition) is 1. The second-order valence-corrected chi connectivity index (χ2v) is 8.21. The minimum absolute atomic E-state index is 0.00547. The maximum absolute atomic E-state index is 12.8. The largest absolute Gasteiger partial charge is 0.497 e. The van der Waals surface area contributed by atoms with Crippen LogP contribution < -0.4 is 4.74 Å². The number of aliphatic hydroxyl groups excluding tert-OH is 1. The van der Waals surface area contributed by atoms with Gasteiger partial charge in [0.2, 0.25) is 5.91 Å². The Labute approximate surface area is 178 Å². The van der Waals surface area contributed by atoms with Crippen molar-refractivity contribution in [2.24, 2.45) is 5.41 Å². The Hall–Kier alpha value is -2.66. The van der Waals surface area contributed by atoms with Crippen LogP contribution in [0.2, 0.25) is 0 Å². The third-order valence-corrected chi connectivity index (χ3v) is 6.11. The van der Waals surface area contributed by atoms with Crippen molar-refractivity contribution in [2.75, 3.05) is 26.8 Å². The number of ketones is 1. The number of benzene rings is 2. The summed E-state index contributed by atoms with van der Waals surface area (Å²) in [6, 6.07) is 17.2. The lowest BCUT2D eigenvalue weighted by Crippen LogP contribution is -2.48. The SMILES string of the molecule is COc1ccc(C(=O)CCC(=O)N2CCC[C@](CO)(CCc3ccccc3)C2)cc1. The lowest BCUT2D eigenvalue weighted by molar-refractivity contribution is -0.135. The minimum Gasteiger partial charge on any atom is -0.497 e. The Kier molecular flexibility index (Phi) is 7.63. The fourth-order valence-electron chi connectivity index (χ4n) is 4.19. The average molecular weight is 410 g/mol. The lowest BCUT2D eigenvalue weighted by atomic mass is 9.76. The molecule has 160 valence electrons. The van der Waals surface area contributed by atoms with Crippen LogP contribution in [0.1, 0.15) is 48.0 Å². The standard InChI is InChI=1S/C25H31NO4/c1-30-22-10-8-21(9-11-22)23(28)12-13-24(29)26-17-5-15-25(18-26,19-27)16-14-20-6-3-2-4-7-20/h2-4,6-11,27H,5,12-19H2,1H3/t25-/m0/s1. The third kappa shape index (κ3) is 5.70. The van der Waals surface area contributed by atoms with Gasteiger partial charge in [0.1, 0.15) is 5.75 Å². The van der Waals surface area contributed by atoms with Gasteiger partial charge in [-0.05, 0) is 55.5 Å². The van der Waals surface area contributed by atoms with Crippen molar-refractivity contribution >= 4 is 11.7 Å². The number of piperidine rings is 1. The molecule has 0 radical (unpaired) electrons. The first kappa shape index (κ1) is 22.0. The Morgan fingerprint density at radius 1 is 1.07 bits per heavy atom. The maximum Gasteiger partial charge on any atom is 0.223 e. The van der Waals surface area contributed by atoms with Gasteiger partial charge in [-0.15, -0.1) is 0 Å². The Bertz CT molecular complexity index is 834. The number of rotatable bonds is 9. The number of amides is 1. The lowest BCUT2D eigenvalue weighted by Gasteiger charge is -2.42. The number of methoxy groups -OCH3 is 1. The highest BCUT2D eigenvalue weighted by atomic mass is 16.5. The summed E-state index contributed by atoms with van der Waals surface area (Å²) in [4.78, 5) is 27.0. The van der Waals surface area contributed by atoms with Gasteiger partial charge in [0.15, 0.2) is 5.78 Å². The van der Waals surface area contributed by atoms with E-state index in [1.54, 1.807) is 31.4 Å². The predicted octanol–water partition coefficient (Wildman–Crippen LogP) is 3.89. The van der Waals surface area contributed by atoms with Crippen LogP contribution in [0.15, 0.2) is 54.6 Å². The molecule has 2 aromatic rings. The zero-order valence-corrected chi connectivity index (χ0v) is 17.7. The van der Waals surface area contributed by atoms with E-state index in [-0.39, 0.29) is 36.6 Å². The second-order valence-electron chi connectivity index (χ2n) is 8.21. The van der Waals surface area contributed by atoms with E-state index in [2.05, 4.69) is 12.1 Å². The summed E-state index contributed by atoms with van der Waals surface area (Å²) in [6.07, 6.45) is 3.93. The van der Waals surface area contributed by atoms with Gasteiger partial charge in [0, 0.05) is 36.9 Å². The highest BCUT2D eigenvalue weighted by Crippen LogP contribution is 2.34. The number of carbonyl (C=O) groups excluding carboxylic acids is 2. The Morgan fingerprint density at radius 3 is 2.47 bits per heavy atom. The maximum atomic E-state index is 12.8. The molecule has 1 heterocycles.